The second-order valence-electron chi connectivity index (χ2n) is 4.45. The predicted octanol–water partition coefficient (Wildman–Crippen LogP) is 2.63. The van der Waals surface area contributed by atoms with Gasteiger partial charge in [0.25, 0.3) is 0 Å². The fourth-order valence-electron chi connectivity index (χ4n) is 2.44. The molecule has 0 unspecified atom stereocenters. The highest BCUT2D eigenvalue weighted by Crippen LogP contribution is 2.34. The molecule has 0 spiro atoms. The molecule has 0 radical (unpaired) electrons. The Labute approximate surface area is 103 Å². The van der Waals surface area contributed by atoms with E-state index in [9.17, 15) is 4.39 Å². The Kier molecular flexibility index (Phi) is 2.76. The van der Waals surface area contributed by atoms with Crippen LogP contribution in [0.25, 0.3) is 10.9 Å². The number of halogens is 2. The maximum atomic E-state index is 13.9. The fraction of sp³-hybridized carbons (Fsp3) is 0.417. The van der Waals surface area contributed by atoms with Crippen molar-refractivity contribution in [2.75, 3.05) is 13.1 Å². The van der Waals surface area contributed by atoms with Crippen molar-refractivity contribution in [1.29, 1.82) is 0 Å². The van der Waals surface area contributed by atoms with Crippen molar-refractivity contribution in [3.8, 4) is 0 Å². The van der Waals surface area contributed by atoms with E-state index in [4.69, 9.17) is 11.6 Å². The van der Waals surface area contributed by atoms with Crippen LogP contribution in [0.4, 0.5) is 4.39 Å². The van der Waals surface area contributed by atoms with Crippen LogP contribution in [0.15, 0.2) is 18.3 Å². The van der Waals surface area contributed by atoms with E-state index in [0.717, 1.165) is 29.4 Å². The number of piperidine rings is 1. The van der Waals surface area contributed by atoms with Crippen LogP contribution in [-0.2, 0) is 0 Å². The first kappa shape index (κ1) is 11.0. The number of nitrogens with zero attached hydrogens (tertiary/aromatic N) is 1. The molecule has 2 N–H and O–H groups in total. The lowest BCUT2D eigenvalue weighted by Crippen LogP contribution is -2.36. The van der Waals surface area contributed by atoms with Gasteiger partial charge in [-0.05, 0) is 30.7 Å². The molecule has 2 atom stereocenters. The van der Waals surface area contributed by atoms with Crippen LogP contribution in [0.3, 0.4) is 0 Å². The van der Waals surface area contributed by atoms with Gasteiger partial charge >= 0.3 is 0 Å². The van der Waals surface area contributed by atoms with Gasteiger partial charge in [0.05, 0.1) is 11.7 Å². The second-order valence-corrected chi connectivity index (χ2v) is 4.85. The topological polar surface area (TPSA) is 40.7 Å². The molecule has 2 heterocycles. The first-order chi connectivity index (χ1) is 8.25. The number of hydrogen-bond acceptors (Lipinski definition) is 2. The normalized spacial score (nSPS) is 25.3. The van der Waals surface area contributed by atoms with E-state index in [1.807, 2.05) is 12.1 Å². The number of H-pyrrole nitrogens is 1. The van der Waals surface area contributed by atoms with Crippen LogP contribution in [0.2, 0.25) is 5.02 Å². The monoisotopic (exact) mass is 253 g/mol. The summed E-state index contributed by atoms with van der Waals surface area (Å²) in [6.07, 6.45) is 1.63. The van der Waals surface area contributed by atoms with Crippen LogP contribution < -0.4 is 5.32 Å². The van der Waals surface area contributed by atoms with Gasteiger partial charge in [-0.2, -0.15) is 5.10 Å². The van der Waals surface area contributed by atoms with Gasteiger partial charge < -0.3 is 5.32 Å². The lowest BCUT2D eigenvalue weighted by atomic mass is 9.88. The zero-order valence-electron chi connectivity index (χ0n) is 9.21. The molecule has 0 aliphatic carbocycles. The maximum Gasteiger partial charge on any atom is 0.119 e. The molecule has 1 saturated heterocycles. The molecule has 0 saturated carbocycles. The summed E-state index contributed by atoms with van der Waals surface area (Å²) in [5.74, 6) is -0.114. The highest BCUT2D eigenvalue weighted by molar-refractivity contribution is 6.32. The minimum absolute atomic E-state index is 0.114. The van der Waals surface area contributed by atoms with Gasteiger partial charge in [-0.15, -0.1) is 0 Å². The van der Waals surface area contributed by atoms with E-state index in [-0.39, 0.29) is 5.92 Å². The molecule has 90 valence electrons. The minimum Gasteiger partial charge on any atom is -0.314 e. The number of fused-ring (bicyclic) bond motifs is 1. The summed E-state index contributed by atoms with van der Waals surface area (Å²) in [7, 11) is 0. The molecule has 1 aliphatic rings. The molecule has 1 fully saturated rings. The molecule has 1 aromatic carbocycles. The van der Waals surface area contributed by atoms with Crippen molar-refractivity contribution in [2.45, 2.75) is 18.5 Å². The average molecular weight is 254 g/mol. The Hall–Kier alpha value is -1.13. The largest absolute Gasteiger partial charge is 0.314 e. The highest BCUT2D eigenvalue weighted by Gasteiger charge is 2.28. The molecule has 0 bridgehead atoms. The molecule has 17 heavy (non-hydrogen) atoms. The molecule has 2 aromatic rings. The van der Waals surface area contributed by atoms with Crippen molar-refractivity contribution in [1.82, 2.24) is 15.5 Å². The smallest absolute Gasteiger partial charge is 0.119 e. The molecule has 1 aliphatic heterocycles. The highest BCUT2D eigenvalue weighted by atomic mass is 35.5. The van der Waals surface area contributed by atoms with Crippen molar-refractivity contribution in [2.24, 2.45) is 0 Å². The third kappa shape index (κ3) is 1.91. The second kappa shape index (κ2) is 4.27. The van der Waals surface area contributed by atoms with E-state index in [2.05, 4.69) is 15.5 Å². The molecule has 1 aromatic heterocycles. The lowest BCUT2D eigenvalue weighted by molar-refractivity contribution is 0.231. The summed E-state index contributed by atoms with van der Waals surface area (Å²) in [6, 6.07) is 3.78. The van der Waals surface area contributed by atoms with Crippen LogP contribution >= 0.6 is 11.6 Å². The van der Waals surface area contributed by atoms with Crippen molar-refractivity contribution in [3.63, 3.8) is 0 Å². The van der Waals surface area contributed by atoms with Gasteiger partial charge in [0.1, 0.15) is 6.17 Å². The number of aromatic nitrogens is 2. The third-order valence-electron chi connectivity index (χ3n) is 3.37. The van der Waals surface area contributed by atoms with Crippen LogP contribution in [0.5, 0.6) is 0 Å². The van der Waals surface area contributed by atoms with E-state index < -0.39 is 6.17 Å². The number of nitrogens with one attached hydrogen (secondary N) is 2. The van der Waals surface area contributed by atoms with E-state index in [1.165, 1.54) is 0 Å². The number of aromatic amines is 1. The van der Waals surface area contributed by atoms with Gasteiger partial charge in [0.15, 0.2) is 0 Å². The van der Waals surface area contributed by atoms with Crippen molar-refractivity contribution < 1.29 is 4.39 Å². The Morgan fingerprint density at radius 1 is 1.41 bits per heavy atom. The Morgan fingerprint density at radius 3 is 3.12 bits per heavy atom. The van der Waals surface area contributed by atoms with Gasteiger partial charge in [-0.3, -0.25) is 5.10 Å². The molecule has 5 heteroatoms. The predicted molar refractivity (Wildman–Crippen MR) is 66.2 cm³/mol. The Balaban J connectivity index is 2.05. The van der Waals surface area contributed by atoms with Crippen LogP contribution in [0.1, 0.15) is 17.9 Å². The number of hydrogen-bond donors (Lipinski definition) is 2. The molecule has 3 nitrogen and oxygen atoms in total. The number of alkyl halides is 1. The summed E-state index contributed by atoms with van der Waals surface area (Å²) < 4.78 is 13.9. The standard InChI is InChI=1S/C12H13ClFN3/c13-10-3-7-5-16-17-12(7)4-9(10)8-1-2-15-6-11(8)14/h3-5,8,11,15H,1-2,6H2,(H,16,17)/t8-,11+/m1/s1. The van der Waals surface area contributed by atoms with E-state index in [1.54, 1.807) is 6.20 Å². The van der Waals surface area contributed by atoms with Gasteiger partial charge in [-0.1, -0.05) is 11.6 Å². The Bertz CT molecular complexity index is 540. The fourth-order valence-corrected chi connectivity index (χ4v) is 2.75. The van der Waals surface area contributed by atoms with E-state index >= 15 is 0 Å². The summed E-state index contributed by atoms with van der Waals surface area (Å²) in [6.45, 7) is 1.24. The van der Waals surface area contributed by atoms with Crippen LogP contribution in [-0.4, -0.2) is 29.5 Å². The van der Waals surface area contributed by atoms with Crippen molar-refractivity contribution >= 4 is 22.5 Å². The summed E-state index contributed by atoms with van der Waals surface area (Å²) in [4.78, 5) is 0. The summed E-state index contributed by atoms with van der Waals surface area (Å²) in [5, 5.41) is 11.5. The van der Waals surface area contributed by atoms with Crippen LogP contribution in [0, 0.1) is 0 Å². The van der Waals surface area contributed by atoms with Gasteiger partial charge in [0.2, 0.25) is 0 Å². The lowest BCUT2D eigenvalue weighted by Gasteiger charge is -2.27. The first-order valence-electron chi connectivity index (χ1n) is 5.73. The molecule has 0 amide bonds. The number of rotatable bonds is 1. The Morgan fingerprint density at radius 2 is 2.29 bits per heavy atom. The first-order valence-corrected chi connectivity index (χ1v) is 6.11. The third-order valence-corrected chi connectivity index (χ3v) is 3.69. The van der Waals surface area contributed by atoms with Crippen molar-refractivity contribution in [3.05, 3.63) is 28.9 Å². The number of benzene rings is 1. The zero-order chi connectivity index (χ0) is 11.8. The summed E-state index contributed by atoms with van der Waals surface area (Å²) in [5.41, 5.74) is 1.80. The van der Waals surface area contributed by atoms with Gasteiger partial charge in [-0.25, -0.2) is 4.39 Å². The maximum absolute atomic E-state index is 13.9. The molecular formula is C12H13ClFN3. The van der Waals surface area contributed by atoms with E-state index in [0.29, 0.717) is 11.6 Å². The van der Waals surface area contributed by atoms with Gasteiger partial charge in [0, 0.05) is 22.9 Å². The zero-order valence-corrected chi connectivity index (χ0v) is 9.97. The molecule has 3 rings (SSSR count). The SMILES string of the molecule is F[C@H]1CNCC[C@@H]1c1cc2[nH]ncc2cc1Cl. The minimum atomic E-state index is -0.873. The average Bonchev–Trinajstić information content (AvgIpc) is 2.76. The quantitative estimate of drug-likeness (QED) is 0.820. The summed E-state index contributed by atoms with van der Waals surface area (Å²) >= 11 is 6.23. The molecular weight excluding hydrogens is 241 g/mol.